The molecule has 3 aromatic rings. The lowest BCUT2D eigenvalue weighted by Crippen LogP contribution is -2.08. The summed E-state index contributed by atoms with van der Waals surface area (Å²) < 4.78 is 83.2. The molecule has 1 aliphatic rings. The number of carbonyl (C=O) groups is 1. The molecule has 3 aromatic carbocycles. The van der Waals surface area contributed by atoms with Crippen LogP contribution >= 0.6 is 0 Å². The summed E-state index contributed by atoms with van der Waals surface area (Å²) in [6.07, 6.45) is 1.40. The maximum absolute atomic E-state index is 13.9. The molecule has 0 spiro atoms. The number of cyclic esters (lactones) is 1. The van der Waals surface area contributed by atoms with Crippen molar-refractivity contribution in [2.75, 3.05) is 7.11 Å². The summed E-state index contributed by atoms with van der Waals surface area (Å²) in [5, 5.41) is 0. The van der Waals surface area contributed by atoms with Crippen molar-refractivity contribution in [3.8, 4) is 11.5 Å². The molecule has 34 heavy (non-hydrogen) atoms. The first-order valence-corrected chi connectivity index (χ1v) is 9.69. The van der Waals surface area contributed by atoms with Crippen LogP contribution in [-0.4, -0.2) is 19.0 Å². The van der Waals surface area contributed by atoms with Gasteiger partial charge in [0.2, 0.25) is 35.0 Å². The molecule has 0 saturated carbocycles. The summed E-state index contributed by atoms with van der Waals surface area (Å²) in [6, 6.07) is 13.2. The third kappa shape index (κ3) is 4.34. The highest BCUT2D eigenvalue weighted by atomic mass is 19.2. The maximum Gasteiger partial charge on any atom is 0.363 e. The van der Waals surface area contributed by atoms with Gasteiger partial charge in [0.15, 0.2) is 11.4 Å². The van der Waals surface area contributed by atoms with Crippen LogP contribution in [-0.2, 0) is 16.1 Å². The Kier molecular flexibility index (Phi) is 6.31. The standard InChI is InChI=1S/C24H14F5NO4/c1-32-16-8-7-12(10-15-24(31)34-23(30-15)13-5-3-2-4-6-13)9-14(16)11-33-22-20(28)18(26)17(25)19(27)21(22)29/h2-10H,11H2,1H3. The number of nitrogens with zero attached hydrogens (tertiary/aromatic N) is 1. The van der Waals surface area contributed by atoms with Crippen LogP contribution < -0.4 is 9.47 Å². The van der Waals surface area contributed by atoms with E-state index in [0.717, 1.165) is 0 Å². The molecule has 5 nitrogen and oxygen atoms in total. The van der Waals surface area contributed by atoms with Crippen LogP contribution in [0.25, 0.3) is 6.08 Å². The van der Waals surface area contributed by atoms with Crippen LogP contribution in [0.2, 0.25) is 0 Å². The zero-order chi connectivity index (χ0) is 24.4. The zero-order valence-electron chi connectivity index (χ0n) is 17.4. The molecule has 0 bridgehead atoms. The smallest absolute Gasteiger partial charge is 0.363 e. The number of hydrogen-bond donors (Lipinski definition) is 0. The molecule has 0 N–H and O–H groups in total. The summed E-state index contributed by atoms with van der Waals surface area (Å²) in [5.74, 6) is -12.5. The molecule has 10 heteroatoms. The molecular weight excluding hydrogens is 461 g/mol. The van der Waals surface area contributed by atoms with E-state index < -0.39 is 47.4 Å². The topological polar surface area (TPSA) is 57.1 Å². The third-order valence-corrected chi connectivity index (χ3v) is 4.79. The van der Waals surface area contributed by atoms with E-state index in [2.05, 4.69) is 4.99 Å². The quantitative estimate of drug-likeness (QED) is 0.159. The van der Waals surface area contributed by atoms with E-state index in [9.17, 15) is 26.7 Å². The van der Waals surface area contributed by atoms with E-state index in [-0.39, 0.29) is 22.9 Å². The highest BCUT2D eigenvalue weighted by molar-refractivity contribution is 6.12. The largest absolute Gasteiger partial charge is 0.496 e. The van der Waals surface area contributed by atoms with Gasteiger partial charge in [-0.05, 0) is 35.9 Å². The van der Waals surface area contributed by atoms with Crippen molar-refractivity contribution in [1.82, 2.24) is 0 Å². The molecule has 0 unspecified atom stereocenters. The number of rotatable bonds is 6. The van der Waals surface area contributed by atoms with Gasteiger partial charge in [0.1, 0.15) is 12.4 Å². The fraction of sp³-hybridized carbons (Fsp3) is 0.0833. The SMILES string of the molecule is COc1ccc(C=C2N=C(c3ccccc3)OC2=O)cc1COc1c(F)c(F)c(F)c(F)c1F. The fourth-order valence-electron chi connectivity index (χ4n) is 3.13. The van der Waals surface area contributed by atoms with Gasteiger partial charge < -0.3 is 14.2 Å². The van der Waals surface area contributed by atoms with Crippen LogP contribution in [0, 0.1) is 29.1 Å². The Balaban J connectivity index is 1.63. The van der Waals surface area contributed by atoms with Gasteiger partial charge in [-0.2, -0.15) is 8.78 Å². The van der Waals surface area contributed by atoms with Crippen LogP contribution in [0.4, 0.5) is 22.0 Å². The number of hydrogen-bond acceptors (Lipinski definition) is 5. The number of halogens is 5. The van der Waals surface area contributed by atoms with Crippen molar-refractivity contribution in [2.45, 2.75) is 6.61 Å². The van der Waals surface area contributed by atoms with Crippen molar-refractivity contribution < 1.29 is 41.0 Å². The molecule has 1 heterocycles. The molecule has 0 fully saturated rings. The van der Waals surface area contributed by atoms with Crippen LogP contribution in [0.3, 0.4) is 0 Å². The normalized spacial score (nSPS) is 14.2. The predicted octanol–water partition coefficient (Wildman–Crippen LogP) is 5.31. The maximum atomic E-state index is 13.9. The minimum Gasteiger partial charge on any atom is -0.496 e. The fourth-order valence-corrected chi connectivity index (χ4v) is 3.13. The van der Waals surface area contributed by atoms with E-state index >= 15 is 0 Å². The molecule has 1 aliphatic heterocycles. The van der Waals surface area contributed by atoms with E-state index in [1.54, 1.807) is 36.4 Å². The highest BCUT2D eigenvalue weighted by Gasteiger charge is 2.27. The Morgan fingerprint density at radius 3 is 2.21 bits per heavy atom. The van der Waals surface area contributed by atoms with Crippen molar-refractivity contribution in [2.24, 2.45) is 4.99 Å². The minimum atomic E-state index is -2.28. The second kappa shape index (κ2) is 9.34. The third-order valence-electron chi connectivity index (χ3n) is 4.79. The van der Waals surface area contributed by atoms with Gasteiger partial charge >= 0.3 is 5.97 Å². The number of aliphatic imine (C=N–C) groups is 1. The number of carbonyl (C=O) groups excluding carboxylic acids is 1. The lowest BCUT2D eigenvalue weighted by atomic mass is 10.1. The average Bonchev–Trinajstić information content (AvgIpc) is 3.22. The Morgan fingerprint density at radius 2 is 1.56 bits per heavy atom. The number of ether oxygens (including phenoxy) is 3. The van der Waals surface area contributed by atoms with Gasteiger partial charge in [-0.3, -0.25) is 0 Å². The minimum absolute atomic E-state index is 0.00402. The van der Waals surface area contributed by atoms with Crippen LogP contribution in [0.1, 0.15) is 16.7 Å². The van der Waals surface area contributed by atoms with Gasteiger partial charge in [-0.1, -0.05) is 24.3 Å². The van der Waals surface area contributed by atoms with E-state index in [0.29, 0.717) is 11.1 Å². The predicted molar refractivity (Wildman–Crippen MR) is 111 cm³/mol. The van der Waals surface area contributed by atoms with E-state index in [1.807, 2.05) is 0 Å². The number of methoxy groups -OCH3 is 1. The van der Waals surface area contributed by atoms with Crippen molar-refractivity contribution in [3.63, 3.8) is 0 Å². The molecular formula is C24H14F5NO4. The van der Waals surface area contributed by atoms with Gasteiger partial charge in [-0.15, -0.1) is 0 Å². The number of benzene rings is 3. The Bertz CT molecular complexity index is 1310. The summed E-state index contributed by atoms with van der Waals surface area (Å²) >= 11 is 0. The summed E-state index contributed by atoms with van der Waals surface area (Å²) in [6.45, 7) is -0.596. The molecule has 0 aliphatic carbocycles. The first-order valence-electron chi connectivity index (χ1n) is 9.69. The molecule has 0 aromatic heterocycles. The first kappa shape index (κ1) is 23.0. The second-order valence-corrected chi connectivity index (χ2v) is 6.96. The lowest BCUT2D eigenvalue weighted by Gasteiger charge is -2.13. The second-order valence-electron chi connectivity index (χ2n) is 6.96. The Hall–Kier alpha value is -4.21. The molecule has 0 radical (unpaired) electrons. The summed E-state index contributed by atoms with van der Waals surface area (Å²) in [5.41, 5.74) is 1.22. The molecule has 0 atom stereocenters. The highest BCUT2D eigenvalue weighted by Crippen LogP contribution is 2.31. The summed E-state index contributed by atoms with van der Waals surface area (Å²) in [4.78, 5) is 16.4. The van der Waals surface area contributed by atoms with Crippen molar-refractivity contribution in [1.29, 1.82) is 0 Å². The van der Waals surface area contributed by atoms with Gasteiger partial charge in [0.25, 0.3) is 0 Å². The van der Waals surface area contributed by atoms with Crippen molar-refractivity contribution >= 4 is 17.9 Å². The molecule has 0 amide bonds. The van der Waals surface area contributed by atoms with Gasteiger partial charge in [0, 0.05) is 11.1 Å². The van der Waals surface area contributed by atoms with Crippen LogP contribution in [0.5, 0.6) is 11.5 Å². The lowest BCUT2D eigenvalue weighted by molar-refractivity contribution is -0.129. The van der Waals surface area contributed by atoms with E-state index in [4.69, 9.17) is 14.2 Å². The molecule has 4 rings (SSSR count). The van der Waals surface area contributed by atoms with E-state index in [1.165, 1.54) is 25.3 Å². The zero-order valence-corrected chi connectivity index (χ0v) is 17.4. The molecule has 0 saturated heterocycles. The van der Waals surface area contributed by atoms with Gasteiger partial charge in [0.05, 0.1) is 7.11 Å². The Labute approximate surface area is 189 Å². The summed E-state index contributed by atoms with van der Waals surface area (Å²) in [7, 11) is 1.32. The van der Waals surface area contributed by atoms with Crippen molar-refractivity contribution in [3.05, 3.63) is 100 Å². The first-order chi connectivity index (χ1) is 16.3. The number of esters is 1. The van der Waals surface area contributed by atoms with Crippen LogP contribution in [0.15, 0.2) is 59.2 Å². The average molecular weight is 475 g/mol. The van der Waals surface area contributed by atoms with Gasteiger partial charge in [-0.25, -0.2) is 23.0 Å². The Morgan fingerprint density at radius 1 is 0.912 bits per heavy atom. The molecule has 174 valence electrons. The monoisotopic (exact) mass is 475 g/mol.